The highest BCUT2D eigenvalue weighted by atomic mass is 16.4. The highest BCUT2D eigenvalue weighted by molar-refractivity contribution is 6.03. The van der Waals surface area contributed by atoms with E-state index >= 15 is 0 Å². The quantitative estimate of drug-likeness (QED) is 0.718. The Labute approximate surface area is 135 Å². The van der Waals surface area contributed by atoms with E-state index in [1.165, 1.54) is 0 Å². The van der Waals surface area contributed by atoms with Gasteiger partial charge in [-0.15, -0.1) is 0 Å². The number of rotatable bonds is 8. The first-order chi connectivity index (χ1) is 11.0. The van der Waals surface area contributed by atoms with Crippen molar-refractivity contribution >= 4 is 17.7 Å². The van der Waals surface area contributed by atoms with Gasteiger partial charge in [0.05, 0.1) is 5.56 Å². The Kier molecular flexibility index (Phi) is 5.96. The number of hydrogen-bond donors (Lipinski definition) is 2. The Hall–Kier alpha value is -2.11. The zero-order valence-electron chi connectivity index (χ0n) is 13.4. The number of carboxylic acid groups (broad SMARTS) is 1. The molecule has 6 nitrogen and oxygen atoms in total. The number of amides is 1. The monoisotopic (exact) mass is 321 g/mol. The van der Waals surface area contributed by atoms with Gasteiger partial charge in [0.25, 0.3) is 5.91 Å². The molecule has 0 bridgehead atoms. The predicted molar refractivity (Wildman–Crippen MR) is 83.8 cm³/mol. The molecule has 2 N–H and O–H groups in total. The van der Waals surface area contributed by atoms with Crippen LogP contribution in [0.25, 0.3) is 0 Å². The molecule has 1 aliphatic rings. The number of ketones is 1. The fraction of sp³-hybridized carbons (Fsp3) is 0.588. The van der Waals surface area contributed by atoms with E-state index in [-0.39, 0.29) is 23.9 Å². The number of carbonyl (C=O) groups is 3. The van der Waals surface area contributed by atoms with Gasteiger partial charge in [-0.3, -0.25) is 14.4 Å². The Balaban J connectivity index is 1.78. The van der Waals surface area contributed by atoms with Crippen molar-refractivity contribution in [2.75, 3.05) is 6.54 Å². The van der Waals surface area contributed by atoms with Crippen LogP contribution in [-0.2, 0) is 11.2 Å². The van der Waals surface area contributed by atoms with Crippen LogP contribution in [0.2, 0.25) is 0 Å². The van der Waals surface area contributed by atoms with Crippen LogP contribution < -0.4 is 5.32 Å². The van der Waals surface area contributed by atoms with Crippen LogP contribution in [0.3, 0.4) is 0 Å². The summed E-state index contributed by atoms with van der Waals surface area (Å²) in [6.45, 7) is 2.27. The first kappa shape index (κ1) is 17.2. The van der Waals surface area contributed by atoms with Crippen molar-refractivity contribution < 1.29 is 23.9 Å². The van der Waals surface area contributed by atoms with Crippen molar-refractivity contribution in [1.29, 1.82) is 0 Å². The summed E-state index contributed by atoms with van der Waals surface area (Å²) in [7, 11) is 0. The largest absolute Gasteiger partial charge is 0.481 e. The maximum atomic E-state index is 12.2. The Morgan fingerprint density at radius 3 is 2.61 bits per heavy atom. The number of carbonyl (C=O) groups excluding carboxylic acids is 2. The van der Waals surface area contributed by atoms with Gasteiger partial charge in [0.1, 0.15) is 5.76 Å². The summed E-state index contributed by atoms with van der Waals surface area (Å²) in [5.74, 6) is -0.112. The number of aliphatic carboxylic acids is 1. The van der Waals surface area contributed by atoms with E-state index in [2.05, 4.69) is 5.32 Å². The van der Waals surface area contributed by atoms with Crippen LogP contribution in [0.1, 0.15) is 77.2 Å². The Morgan fingerprint density at radius 1 is 1.17 bits per heavy atom. The smallest absolute Gasteiger partial charge is 0.303 e. The molecule has 0 aromatic carbocycles. The average Bonchev–Trinajstić information content (AvgIpc) is 2.84. The SMILES string of the molecule is Cc1c(C(=O)NCCCCCCC(=O)O)oc2c1C(=O)CCC2. The molecular formula is C17H23NO5. The molecule has 23 heavy (non-hydrogen) atoms. The third kappa shape index (κ3) is 4.43. The first-order valence-corrected chi connectivity index (χ1v) is 8.16. The average molecular weight is 321 g/mol. The molecule has 1 amide bonds. The maximum Gasteiger partial charge on any atom is 0.303 e. The zero-order chi connectivity index (χ0) is 16.8. The lowest BCUT2D eigenvalue weighted by atomic mass is 9.94. The summed E-state index contributed by atoms with van der Waals surface area (Å²) in [5, 5.41) is 11.3. The maximum absolute atomic E-state index is 12.2. The minimum Gasteiger partial charge on any atom is -0.481 e. The molecule has 0 saturated heterocycles. The van der Waals surface area contributed by atoms with Crippen LogP contribution in [0.5, 0.6) is 0 Å². The van der Waals surface area contributed by atoms with Crippen LogP contribution >= 0.6 is 0 Å². The molecule has 6 heteroatoms. The van der Waals surface area contributed by atoms with Crippen LogP contribution in [0.15, 0.2) is 4.42 Å². The number of nitrogens with one attached hydrogen (secondary N) is 1. The molecular weight excluding hydrogens is 298 g/mol. The van der Waals surface area contributed by atoms with Crippen LogP contribution in [0.4, 0.5) is 0 Å². The number of carboxylic acids is 1. The van der Waals surface area contributed by atoms with Gasteiger partial charge < -0.3 is 14.8 Å². The Morgan fingerprint density at radius 2 is 1.91 bits per heavy atom. The normalized spacial score (nSPS) is 13.7. The van der Waals surface area contributed by atoms with E-state index in [1.54, 1.807) is 6.92 Å². The molecule has 0 saturated carbocycles. The summed E-state index contributed by atoms with van der Waals surface area (Å²) in [6.07, 6.45) is 5.36. The number of furan rings is 1. The minimum atomic E-state index is -0.773. The summed E-state index contributed by atoms with van der Waals surface area (Å²) < 4.78 is 5.59. The van der Waals surface area contributed by atoms with Gasteiger partial charge in [-0.25, -0.2) is 0 Å². The third-order valence-corrected chi connectivity index (χ3v) is 4.12. The fourth-order valence-corrected chi connectivity index (χ4v) is 2.90. The van der Waals surface area contributed by atoms with Crippen molar-refractivity contribution in [3.8, 4) is 0 Å². The third-order valence-electron chi connectivity index (χ3n) is 4.12. The van der Waals surface area contributed by atoms with Gasteiger partial charge >= 0.3 is 5.97 Å². The molecule has 126 valence electrons. The molecule has 0 spiro atoms. The fourth-order valence-electron chi connectivity index (χ4n) is 2.90. The lowest BCUT2D eigenvalue weighted by molar-refractivity contribution is -0.137. The Bertz CT molecular complexity index is 602. The van der Waals surface area contributed by atoms with E-state index in [0.29, 0.717) is 42.7 Å². The molecule has 0 fully saturated rings. The van der Waals surface area contributed by atoms with E-state index in [1.807, 2.05) is 0 Å². The van der Waals surface area contributed by atoms with Crippen molar-refractivity contribution in [2.24, 2.45) is 0 Å². The van der Waals surface area contributed by atoms with E-state index in [9.17, 15) is 14.4 Å². The molecule has 1 heterocycles. The molecule has 0 unspecified atom stereocenters. The number of fused-ring (bicyclic) bond motifs is 1. The van der Waals surface area contributed by atoms with Gasteiger partial charge in [0.2, 0.25) is 0 Å². The van der Waals surface area contributed by atoms with Crippen molar-refractivity contribution in [1.82, 2.24) is 5.32 Å². The van der Waals surface area contributed by atoms with E-state index < -0.39 is 5.97 Å². The van der Waals surface area contributed by atoms with E-state index in [0.717, 1.165) is 25.7 Å². The molecule has 2 rings (SSSR count). The van der Waals surface area contributed by atoms with Gasteiger partial charge in [-0.05, 0) is 26.2 Å². The molecule has 1 aromatic rings. The standard InChI is InChI=1S/C17H23NO5/c1-11-15-12(19)7-6-8-13(15)23-16(11)17(22)18-10-5-3-2-4-9-14(20)21/h2-10H2,1H3,(H,18,22)(H,20,21). The second-order valence-corrected chi connectivity index (χ2v) is 5.94. The van der Waals surface area contributed by atoms with Crippen molar-refractivity contribution in [2.45, 2.75) is 58.3 Å². The number of unbranched alkanes of at least 4 members (excludes halogenated alkanes) is 3. The summed E-state index contributed by atoms with van der Waals surface area (Å²) >= 11 is 0. The van der Waals surface area contributed by atoms with Gasteiger partial charge in [0, 0.05) is 31.4 Å². The van der Waals surface area contributed by atoms with Crippen molar-refractivity contribution in [3.05, 3.63) is 22.6 Å². The minimum absolute atomic E-state index is 0.0602. The van der Waals surface area contributed by atoms with Crippen LogP contribution in [-0.4, -0.2) is 29.3 Å². The molecule has 0 aliphatic heterocycles. The van der Waals surface area contributed by atoms with Gasteiger partial charge in [-0.2, -0.15) is 0 Å². The second kappa shape index (κ2) is 7.94. The summed E-state index contributed by atoms with van der Waals surface area (Å²) in [6, 6.07) is 0. The van der Waals surface area contributed by atoms with Crippen LogP contribution in [0, 0.1) is 6.92 Å². The highest BCUT2D eigenvalue weighted by Gasteiger charge is 2.28. The summed E-state index contributed by atoms with van der Waals surface area (Å²) in [5.41, 5.74) is 1.23. The summed E-state index contributed by atoms with van der Waals surface area (Å²) in [4.78, 5) is 34.5. The molecule has 1 aromatic heterocycles. The lowest BCUT2D eigenvalue weighted by Gasteiger charge is -2.07. The first-order valence-electron chi connectivity index (χ1n) is 8.16. The topological polar surface area (TPSA) is 96.6 Å². The van der Waals surface area contributed by atoms with Crippen molar-refractivity contribution in [3.63, 3.8) is 0 Å². The molecule has 0 radical (unpaired) electrons. The zero-order valence-corrected chi connectivity index (χ0v) is 13.4. The molecule has 0 atom stereocenters. The number of Topliss-reactive ketones (excluding diaryl/α,β-unsaturated/α-hetero) is 1. The highest BCUT2D eigenvalue weighted by Crippen LogP contribution is 2.29. The number of aryl methyl sites for hydroxylation is 1. The second-order valence-electron chi connectivity index (χ2n) is 5.94. The predicted octanol–water partition coefficient (Wildman–Crippen LogP) is 2.87. The van der Waals surface area contributed by atoms with E-state index in [4.69, 9.17) is 9.52 Å². The lowest BCUT2D eigenvalue weighted by Crippen LogP contribution is -2.24. The van der Waals surface area contributed by atoms with Gasteiger partial charge in [0.15, 0.2) is 11.5 Å². The molecule has 1 aliphatic carbocycles. The number of hydrogen-bond acceptors (Lipinski definition) is 4. The van der Waals surface area contributed by atoms with Gasteiger partial charge in [-0.1, -0.05) is 12.8 Å².